The maximum absolute atomic E-state index is 12.5. The first-order valence-electron chi connectivity index (χ1n) is 5.79. The van der Waals surface area contributed by atoms with Crippen LogP contribution in [0.5, 0.6) is 0 Å². The van der Waals surface area contributed by atoms with Gasteiger partial charge in [0, 0.05) is 0 Å². The molecule has 0 saturated carbocycles. The highest BCUT2D eigenvalue weighted by atomic mass is 19.4. The quantitative estimate of drug-likeness (QED) is 0.842. The Morgan fingerprint density at radius 1 is 1.29 bits per heavy atom. The van der Waals surface area contributed by atoms with E-state index in [0.29, 0.717) is 18.9 Å². The average Bonchev–Trinajstić information content (AvgIpc) is 2.25. The molecule has 0 aliphatic rings. The average molecular weight is 245 g/mol. The van der Waals surface area contributed by atoms with E-state index in [2.05, 4.69) is 0 Å². The second kappa shape index (κ2) is 6.05. The van der Waals surface area contributed by atoms with Crippen molar-refractivity contribution in [3.05, 3.63) is 35.4 Å². The van der Waals surface area contributed by atoms with Gasteiger partial charge in [0.2, 0.25) is 0 Å². The van der Waals surface area contributed by atoms with Crippen LogP contribution in [0.4, 0.5) is 13.2 Å². The minimum Gasteiger partial charge on any atom is -0.330 e. The molecule has 2 N–H and O–H groups in total. The van der Waals surface area contributed by atoms with Crippen molar-refractivity contribution in [2.75, 3.05) is 6.54 Å². The zero-order valence-corrected chi connectivity index (χ0v) is 9.93. The normalized spacial score (nSPS) is 13.7. The molecule has 0 bridgehead atoms. The monoisotopic (exact) mass is 245 g/mol. The van der Waals surface area contributed by atoms with Crippen molar-refractivity contribution in [2.45, 2.75) is 32.4 Å². The van der Waals surface area contributed by atoms with Crippen molar-refractivity contribution in [1.82, 2.24) is 0 Å². The minimum atomic E-state index is -4.25. The van der Waals surface area contributed by atoms with E-state index in [1.165, 1.54) is 12.1 Å². The lowest BCUT2D eigenvalue weighted by Crippen LogP contribution is -2.08. The van der Waals surface area contributed by atoms with Crippen LogP contribution in [0.15, 0.2) is 24.3 Å². The summed E-state index contributed by atoms with van der Waals surface area (Å²) in [6.45, 7) is 2.67. The molecule has 0 spiro atoms. The minimum absolute atomic E-state index is 0.363. The smallest absolute Gasteiger partial charge is 0.330 e. The molecule has 0 heterocycles. The van der Waals surface area contributed by atoms with Gasteiger partial charge in [0.15, 0.2) is 0 Å². The standard InChI is InChI=1S/C13H18F3N/c1-10(4-3-7-17)8-11-5-2-6-12(9-11)13(14,15)16/h2,5-6,9-10H,3-4,7-8,17H2,1H3/t10-/m1/s1. The maximum Gasteiger partial charge on any atom is 0.416 e. The number of hydrogen-bond donors (Lipinski definition) is 1. The SMILES string of the molecule is C[C@H](CCCN)Cc1cccc(C(F)(F)F)c1. The summed E-state index contributed by atoms with van der Waals surface area (Å²) in [5.74, 6) is 0.363. The number of nitrogens with two attached hydrogens (primary N) is 1. The van der Waals surface area contributed by atoms with Crippen LogP contribution in [0.1, 0.15) is 30.9 Å². The third kappa shape index (κ3) is 4.77. The largest absolute Gasteiger partial charge is 0.416 e. The lowest BCUT2D eigenvalue weighted by atomic mass is 9.95. The van der Waals surface area contributed by atoms with Gasteiger partial charge in [0.1, 0.15) is 0 Å². The molecular formula is C13H18F3N. The molecule has 1 aromatic carbocycles. The van der Waals surface area contributed by atoms with Crippen molar-refractivity contribution in [3.63, 3.8) is 0 Å². The molecule has 0 aromatic heterocycles. The Hall–Kier alpha value is -1.03. The van der Waals surface area contributed by atoms with E-state index in [-0.39, 0.29) is 0 Å². The molecule has 1 nitrogen and oxygen atoms in total. The Morgan fingerprint density at radius 2 is 2.00 bits per heavy atom. The Bertz CT molecular complexity index is 347. The Labute approximate surface area is 99.8 Å². The zero-order valence-electron chi connectivity index (χ0n) is 9.93. The summed E-state index contributed by atoms with van der Waals surface area (Å²) in [6.07, 6.45) is -1.71. The molecule has 1 aromatic rings. The summed E-state index contributed by atoms with van der Waals surface area (Å²) in [7, 11) is 0. The second-order valence-electron chi connectivity index (χ2n) is 4.44. The number of alkyl halides is 3. The molecular weight excluding hydrogens is 227 g/mol. The summed E-state index contributed by atoms with van der Waals surface area (Å²) in [5.41, 5.74) is 5.57. The number of benzene rings is 1. The van der Waals surface area contributed by atoms with Gasteiger partial charge in [-0.15, -0.1) is 0 Å². The topological polar surface area (TPSA) is 26.0 Å². The molecule has 0 aliphatic heterocycles. The summed E-state index contributed by atoms with van der Waals surface area (Å²) in [5, 5.41) is 0. The molecule has 0 amide bonds. The Kier molecular flexibility index (Phi) is 5.00. The molecule has 0 radical (unpaired) electrons. The van der Waals surface area contributed by atoms with E-state index in [1.807, 2.05) is 6.92 Å². The van der Waals surface area contributed by atoms with Crippen LogP contribution in [0.2, 0.25) is 0 Å². The van der Waals surface area contributed by atoms with Crippen LogP contribution in [-0.4, -0.2) is 6.54 Å². The summed E-state index contributed by atoms with van der Waals surface area (Å²) in [4.78, 5) is 0. The molecule has 0 unspecified atom stereocenters. The highest BCUT2D eigenvalue weighted by Gasteiger charge is 2.30. The lowest BCUT2D eigenvalue weighted by Gasteiger charge is -2.12. The molecule has 0 fully saturated rings. The van der Waals surface area contributed by atoms with Gasteiger partial charge < -0.3 is 5.73 Å². The lowest BCUT2D eigenvalue weighted by molar-refractivity contribution is -0.137. The molecule has 1 rings (SSSR count). The fourth-order valence-electron chi connectivity index (χ4n) is 1.85. The van der Waals surface area contributed by atoms with Crippen molar-refractivity contribution in [1.29, 1.82) is 0 Å². The van der Waals surface area contributed by atoms with Gasteiger partial charge in [0.25, 0.3) is 0 Å². The Morgan fingerprint density at radius 3 is 2.59 bits per heavy atom. The third-order valence-corrected chi connectivity index (χ3v) is 2.74. The van der Waals surface area contributed by atoms with Gasteiger partial charge >= 0.3 is 6.18 Å². The second-order valence-corrected chi connectivity index (χ2v) is 4.44. The van der Waals surface area contributed by atoms with E-state index in [4.69, 9.17) is 5.73 Å². The predicted octanol–water partition coefficient (Wildman–Crippen LogP) is 3.62. The van der Waals surface area contributed by atoms with Crippen LogP contribution in [0, 0.1) is 5.92 Å². The summed E-state index contributed by atoms with van der Waals surface area (Å²) >= 11 is 0. The van der Waals surface area contributed by atoms with Gasteiger partial charge in [-0.3, -0.25) is 0 Å². The van der Waals surface area contributed by atoms with E-state index >= 15 is 0 Å². The molecule has 0 saturated heterocycles. The van der Waals surface area contributed by atoms with Crippen molar-refractivity contribution in [2.24, 2.45) is 11.7 Å². The highest BCUT2D eigenvalue weighted by Crippen LogP contribution is 2.30. The van der Waals surface area contributed by atoms with E-state index in [1.54, 1.807) is 6.07 Å². The van der Waals surface area contributed by atoms with Gasteiger partial charge in [-0.25, -0.2) is 0 Å². The van der Waals surface area contributed by atoms with Crippen LogP contribution in [0.3, 0.4) is 0 Å². The fraction of sp³-hybridized carbons (Fsp3) is 0.538. The molecule has 0 aliphatic carbocycles. The van der Waals surface area contributed by atoms with E-state index < -0.39 is 11.7 Å². The van der Waals surface area contributed by atoms with Crippen LogP contribution < -0.4 is 5.73 Å². The summed E-state index contributed by atoms with van der Waals surface area (Å²) in [6, 6.07) is 5.55. The number of hydrogen-bond acceptors (Lipinski definition) is 1. The maximum atomic E-state index is 12.5. The Balaban J connectivity index is 2.66. The molecule has 96 valence electrons. The first-order chi connectivity index (χ1) is 7.93. The van der Waals surface area contributed by atoms with E-state index in [0.717, 1.165) is 24.5 Å². The highest BCUT2D eigenvalue weighted by molar-refractivity contribution is 5.25. The van der Waals surface area contributed by atoms with Crippen LogP contribution >= 0.6 is 0 Å². The van der Waals surface area contributed by atoms with Crippen molar-refractivity contribution < 1.29 is 13.2 Å². The zero-order chi connectivity index (χ0) is 12.9. The molecule has 4 heteroatoms. The predicted molar refractivity (Wildman–Crippen MR) is 62.6 cm³/mol. The van der Waals surface area contributed by atoms with Crippen LogP contribution in [0.25, 0.3) is 0 Å². The van der Waals surface area contributed by atoms with Crippen molar-refractivity contribution >= 4 is 0 Å². The van der Waals surface area contributed by atoms with Gasteiger partial charge in [-0.1, -0.05) is 25.1 Å². The van der Waals surface area contributed by atoms with Gasteiger partial charge in [-0.05, 0) is 43.4 Å². The van der Waals surface area contributed by atoms with Crippen molar-refractivity contribution in [3.8, 4) is 0 Å². The first kappa shape index (κ1) is 14.0. The molecule has 1 atom stereocenters. The summed E-state index contributed by atoms with van der Waals surface area (Å²) < 4.78 is 37.5. The third-order valence-electron chi connectivity index (χ3n) is 2.74. The first-order valence-corrected chi connectivity index (χ1v) is 5.79. The van der Waals surface area contributed by atoms with Gasteiger partial charge in [0.05, 0.1) is 5.56 Å². The van der Waals surface area contributed by atoms with Crippen LogP contribution in [-0.2, 0) is 12.6 Å². The van der Waals surface area contributed by atoms with Gasteiger partial charge in [-0.2, -0.15) is 13.2 Å². The number of rotatable bonds is 5. The van der Waals surface area contributed by atoms with E-state index in [9.17, 15) is 13.2 Å². The molecule has 17 heavy (non-hydrogen) atoms. The number of halogens is 3. The fourth-order valence-corrected chi connectivity index (χ4v) is 1.85.